The van der Waals surface area contributed by atoms with Crippen molar-refractivity contribution in [1.82, 2.24) is 4.98 Å². The van der Waals surface area contributed by atoms with E-state index in [-0.39, 0.29) is 5.56 Å². The normalized spacial score (nSPS) is 11.6. The van der Waals surface area contributed by atoms with Crippen LogP contribution in [-0.4, -0.2) is 4.98 Å². The standard InChI is InChI=1S/C16H20N2O/c1-10-5-6-11(2)12(9-10)14-8-7-13(15(19)18-14)16(3,4)17/h5-9H,17H2,1-4H3,(H,18,19). The van der Waals surface area contributed by atoms with Gasteiger partial charge in [0.05, 0.1) is 0 Å². The fraction of sp³-hybridized carbons (Fsp3) is 0.312. The Kier molecular flexibility index (Phi) is 3.33. The molecule has 0 atom stereocenters. The molecule has 1 aromatic carbocycles. The van der Waals surface area contributed by atoms with Gasteiger partial charge in [-0.05, 0) is 51.5 Å². The molecule has 0 radical (unpaired) electrons. The summed E-state index contributed by atoms with van der Waals surface area (Å²) in [4.78, 5) is 15.1. The minimum Gasteiger partial charge on any atom is -0.322 e. The molecule has 0 aliphatic heterocycles. The van der Waals surface area contributed by atoms with Crippen molar-refractivity contribution in [3.8, 4) is 11.3 Å². The number of hydrogen-bond acceptors (Lipinski definition) is 2. The average Bonchev–Trinajstić information content (AvgIpc) is 2.30. The molecule has 0 amide bonds. The second-order valence-electron chi connectivity index (χ2n) is 5.65. The molecule has 0 fully saturated rings. The van der Waals surface area contributed by atoms with Crippen LogP contribution >= 0.6 is 0 Å². The highest BCUT2D eigenvalue weighted by molar-refractivity contribution is 5.64. The Balaban J connectivity index is 2.57. The van der Waals surface area contributed by atoms with E-state index in [2.05, 4.69) is 23.2 Å². The van der Waals surface area contributed by atoms with Crippen molar-refractivity contribution in [2.45, 2.75) is 33.2 Å². The summed E-state index contributed by atoms with van der Waals surface area (Å²) in [5.74, 6) is 0. The first-order valence-electron chi connectivity index (χ1n) is 6.39. The maximum atomic E-state index is 12.1. The summed E-state index contributed by atoms with van der Waals surface area (Å²) in [6.07, 6.45) is 0. The lowest BCUT2D eigenvalue weighted by Gasteiger charge is -2.18. The van der Waals surface area contributed by atoms with Gasteiger partial charge < -0.3 is 10.7 Å². The van der Waals surface area contributed by atoms with E-state index < -0.39 is 5.54 Å². The molecule has 19 heavy (non-hydrogen) atoms. The third-order valence-corrected chi connectivity index (χ3v) is 3.29. The van der Waals surface area contributed by atoms with Crippen LogP contribution in [0.4, 0.5) is 0 Å². The number of nitrogens with one attached hydrogen (secondary N) is 1. The second-order valence-corrected chi connectivity index (χ2v) is 5.65. The zero-order valence-corrected chi connectivity index (χ0v) is 11.9. The highest BCUT2D eigenvalue weighted by Crippen LogP contribution is 2.23. The van der Waals surface area contributed by atoms with E-state index in [0.29, 0.717) is 5.56 Å². The molecule has 0 spiro atoms. The molecule has 2 rings (SSSR count). The fourth-order valence-corrected chi connectivity index (χ4v) is 2.16. The van der Waals surface area contributed by atoms with Gasteiger partial charge in [0.15, 0.2) is 0 Å². The number of benzene rings is 1. The largest absolute Gasteiger partial charge is 0.322 e. The van der Waals surface area contributed by atoms with Gasteiger partial charge in [0, 0.05) is 22.4 Å². The molecule has 3 nitrogen and oxygen atoms in total. The van der Waals surface area contributed by atoms with Gasteiger partial charge in [-0.25, -0.2) is 0 Å². The molecule has 0 aliphatic rings. The van der Waals surface area contributed by atoms with E-state index in [1.807, 2.05) is 39.8 Å². The van der Waals surface area contributed by atoms with Crippen molar-refractivity contribution in [2.75, 3.05) is 0 Å². The Morgan fingerprint density at radius 1 is 1.11 bits per heavy atom. The predicted octanol–water partition coefficient (Wildman–Crippen LogP) is 2.85. The molecular formula is C16H20N2O. The Labute approximate surface area is 113 Å². The molecule has 2 aromatic rings. The highest BCUT2D eigenvalue weighted by atomic mass is 16.1. The fourth-order valence-electron chi connectivity index (χ4n) is 2.16. The number of aromatic amines is 1. The molecular weight excluding hydrogens is 236 g/mol. The number of rotatable bonds is 2. The third-order valence-electron chi connectivity index (χ3n) is 3.29. The molecule has 3 N–H and O–H groups in total. The van der Waals surface area contributed by atoms with Gasteiger partial charge >= 0.3 is 0 Å². The van der Waals surface area contributed by atoms with Crippen LogP contribution in [0.5, 0.6) is 0 Å². The molecule has 100 valence electrons. The maximum absolute atomic E-state index is 12.1. The molecule has 1 aromatic heterocycles. The van der Waals surface area contributed by atoms with Crippen LogP contribution in [0.2, 0.25) is 0 Å². The van der Waals surface area contributed by atoms with E-state index in [9.17, 15) is 4.79 Å². The smallest absolute Gasteiger partial charge is 0.253 e. The zero-order chi connectivity index (χ0) is 14.2. The Bertz CT molecular complexity index is 663. The lowest BCUT2D eigenvalue weighted by atomic mass is 9.95. The van der Waals surface area contributed by atoms with E-state index >= 15 is 0 Å². The van der Waals surface area contributed by atoms with Crippen molar-refractivity contribution >= 4 is 0 Å². The summed E-state index contributed by atoms with van der Waals surface area (Å²) < 4.78 is 0. The van der Waals surface area contributed by atoms with Crippen LogP contribution in [-0.2, 0) is 5.54 Å². The van der Waals surface area contributed by atoms with E-state index in [1.165, 1.54) is 5.56 Å². The number of pyridine rings is 1. The van der Waals surface area contributed by atoms with Crippen LogP contribution in [0, 0.1) is 13.8 Å². The lowest BCUT2D eigenvalue weighted by molar-refractivity contribution is 0.547. The SMILES string of the molecule is Cc1ccc(C)c(-c2ccc(C(C)(C)N)c(=O)[nH]2)c1. The zero-order valence-electron chi connectivity index (χ0n) is 11.9. The molecule has 3 heteroatoms. The van der Waals surface area contributed by atoms with Crippen LogP contribution in [0.3, 0.4) is 0 Å². The number of aryl methyl sites for hydroxylation is 2. The Hall–Kier alpha value is -1.87. The summed E-state index contributed by atoms with van der Waals surface area (Å²) in [5, 5.41) is 0. The predicted molar refractivity (Wildman–Crippen MR) is 79.2 cm³/mol. The Morgan fingerprint density at radius 2 is 1.79 bits per heavy atom. The van der Waals surface area contributed by atoms with Gasteiger partial charge in [-0.3, -0.25) is 4.79 Å². The molecule has 0 saturated heterocycles. The van der Waals surface area contributed by atoms with E-state index in [1.54, 1.807) is 0 Å². The maximum Gasteiger partial charge on any atom is 0.253 e. The number of H-pyrrole nitrogens is 1. The molecule has 0 aliphatic carbocycles. The first kappa shape index (κ1) is 13.6. The van der Waals surface area contributed by atoms with Crippen LogP contribution in [0.25, 0.3) is 11.3 Å². The van der Waals surface area contributed by atoms with Crippen molar-refractivity contribution in [1.29, 1.82) is 0 Å². The lowest BCUT2D eigenvalue weighted by Crippen LogP contribution is -2.35. The first-order chi connectivity index (χ1) is 8.79. The minimum absolute atomic E-state index is 0.120. The number of aromatic nitrogens is 1. The summed E-state index contributed by atoms with van der Waals surface area (Å²) >= 11 is 0. The van der Waals surface area contributed by atoms with Gasteiger partial charge in [-0.1, -0.05) is 17.7 Å². The topological polar surface area (TPSA) is 58.9 Å². The van der Waals surface area contributed by atoms with Gasteiger partial charge in [0.25, 0.3) is 5.56 Å². The minimum atomic E-state index is -0.631. The summed E-state index contributed by atoms with van der Waals surface area (Å²) in [7, 11) is 0. The number of hydrogen-bond donors (Lipinski definition) is 2. The van der Waals surface area contributed by atoms with Gasteiger partial charge in [0.1, 0.15) is 0 Å². The van der Waals surface area contributed by atoms with Crippen LogP contribution in [0.15, 0.2) is 35.1 Å². The Morgan fingerprint density at radius 3 is 2.37 bits per heavy atom. The molecule has 0 saturated carbocycles. The third kappa shape index (κ3) is 2.76. The van der Waals surface area contributed by atoms with Crippen molar-refractivity contribution in [3.05, 3.63) is 57.4 Å². The summed E-state index contributed by atoms with van der Waals surface area (Å²) in [6, 6.07) is 9.94. The monoisotopic (exact) mass is 256 g/mol. The highest BCUT2D eigenvalue weighted by Gasteiger charge is 2.18. The summed E-state index contributed by atoms with van der Waals surface area (Å²) in [6.45, 7) is 7.73. The van der Waals surface area contributed by atoms with E-state index in [0.717, 1.165) is 16.8 Å². The van der Waals surface area contributed by atoms with Gasteiger partial charge in [-0.15, -0.1) is 0 Å². The summed E-state index contributed by atoms with van der Waals surface area (Å²) in [5.41, 5.74) is 10.0. The van der Waals surface area contributed by atoms with Gasteiger partial charge in [0.2, 0.25) is 0 Å². The number of nitrogens with two attached hydrogens (primary N) is 1. The van der Waals surface area contributed by atoms with Crippen molar-refractivity contribution in [3.63, 3.8) is 0 Å². The quantitative estimate of drug-likeness (QED) is 0.868. The van der Waals surface area contributed by atoms with Crippen LogP contribution in [0.1, 0.15) is 30.5 Å². The molecule has 0 unspecified atom stereocenters. The molecule has 1 heterocycles. The molecule has 0 bridgehead atoms. The van der Waals surface area contributed by atoms with Crippen molar-refractivity contribution in [2.24, 2.45) is 5.73 Å². The van der Waals surface area contributed by atoms with E-state index in [4.69, 9.17) is 5.73 Å². The van der Waals surface area contributed by atoms with Gasteiger partial charge in [-0.2, -0.15) is 0 Å². The first-order valence-corrected chi connectivity index (χ1v) is 6.39. The second kappa shape index (κ2) is 4.67. The average molecular weight is 256 g/mol. The van der Waals surface area contributed by atoms with Crippen molar-refractivity contribution < 1.29 is 0 Å². The van der Waals surface area contributed by atoms with Crippen LogP contribution < -0.4 is 11.3 Å².